The number of carbonyl (C=O) groups excluding carboxylic acids is 1. The molecule has 2 aromatic carbocycles. The second-order valence-electron chi connectivity index (χ2n) is 4.79. The minimum atomic E-state index is -0.440. The van der Waals surface area contributed by atoms with Gasteiger partial charge in [-0.3, -0.25) is 15.0 Å². The lowest BCUT2D eigenvalue weighted by molar-refractivity contribution is 0.101. The molecule has 2 N–H and O–H groups in total. The molecule has 23 heavy (non-hydrogen) atoms. The normalized spacial score (nSPS) is 10.5. The van der Waals surface area contributed by atoms with Crippen molar-refractivity contribution in [2.45, 2.75) is 0 Å². The van der Waals surface area contributed by atoms with Crippen molar-refractivity contribution >= 4 is 29.0 Å². The first kappa shape index (κ1) is 15.0. The SMILES string of the molecule is COc1ccc(C(=O)Nn2c(=S)[nH]c3ccccc3c2=O)cc1. The molecule has 0 aliphatic heterocycles. The van der Waals surface area contributed by atoms with Gasteiger partial charge in [0.05, 0.1) is 18.0 Å². The molecule has 0 unspecified atom stereocenters. The van der Waals surface area contributed by atoms with E-state index < -0.39 is 5.91 Å². The van der Waals surface area contributed by atoms with Crippen LogP contribution in [0.3, 0.4) is 0 Å². The second kappa shape index (κ2) is 6.05. The monoisotopic (exact) mass is 327 g/mol. The third kappa shape index (κ3) is 2.86. The van der Waals surface area contributed by atoms with E-state index in [2.05, 4.69) is 10.4 Å². The molecule has 0 radical (unpaired) electrons. The number of hydrogen-bond donors (Lipinski definition) is 2. The van der Waals surface area contributed by atoms with E-state index >= 15 is 0 Å². The van der Waals surface area contributed by atoms with Crippen molar-refractivity contribution in [1.29, 1.82) is 0 Å². The van der Waals surface area contributed by atoms with Crippen LogP contribution in [0.2, 0.25) is 0 Å². The minimum Gasteiger partial charge on any atom is -0.497 e. The Kier molecular flexibility index (Phi) is 3.94. The van der Waals surface area contributed by atoms with Crippen LogP contribution in [0.5, 0.6) is 5.75 Å². The molecule has 0 aliphatic rings. The van der Waals surface area contributed by atoms with Crippen molar-refractivity contribution in [3.8, 4) is 5.75 Å². The fourth-order valence-electron chi connectivity index (χ4n) is 2.17. The van der Waals surface area contributed by atoms with Crippen molar-refractivity contribution in [1.82, 2.24) is 9.66 Å². The molecule has 0 saturated heterocycles. The molecule has 0 bridgehead atoms. The number of benzene rings is 2. The number of nitrogens with zero attached hydrogens (tertiary/aromatic N) is 1. The van der Waals surface area contributed by atoms with Gasteiger partial charge in [0, 0.05) is 5.56 Å². The molecule has 1 amide bonds. The fourth-order valence-corrected chi connectivity index (χ4v) is 2.41. The van der Waals surface area contributed by atoms with Crippen LogP contribution < -0.4 is 15.7 Å². The Hall–Kier alpha value is -2.93. The molecule has 0 saturated carbocycles. The Labute approximate surface area is 136 Å². The molecule has 0 aliphatic carbocycles. The molecule has 0 atom stereocenters. The zero-order valence-corrected chi connectivity index (χ0v) is 13.0. The maximum absolute atomic E-state index is 12.5. The first-order chi connectivity index (χ1) is 11.1. The maximum Gasteiger partial charge on any atom is 0.281 e. The Morgan fingerprint density at radius 3 is 2.57 bits per heavy atom. The second-order valence-corrected chi connectivity index (χ2v) is 5.17. The molecule has 1 heterocycles. The van der Waals surface area contributed by atoms with Crippen molar-refractivity contribution in [2.24, 2.45) is 0 Å². The van der Waals surface area contributed by atoms with E-state index in [4.69, 9.17) is 17.0 Å². The highest BCUT2D eigenvalue weighted by molar-refractivity contribution is 7.71. The van der Waals surface area contributed by atoms with Gasteiger partial charge in [0.2, 0.25) is 0 Å². The zero-order chi connectivity index (χ0) is 16.4. The van der Waals surface area contributed by atoms with Gasteiger partial charge in [-0.15, -0.1) is 0 Å². The van der Waals surface area contributed by atoms with Crippen LogP contribution in [0.25, 0.3) is 10.9 Å². The van der Waals surface area contributed by atoms with Crippen molar-refractivity contribution in [2.75, 3.05) is 12.5 Å². The molecular weight excluding hydrogens is 314 g/mol. The summed E-state index contributed by atoms with van der Waals surface area (Å²) < 4.78 is 6.20. The standard InChI is InChI=1S/C16H13N3O3S/c1-22-11-8-6-10(7-9-11)14(20)18-19-15(21)12-4-2-3-5-13(12)17-16(19)23/h2-9H,1H3,(H,17,23)(H,18,20). The lowest BCUT2D eigenvalue weighted by Gasteiger charge is -2.10. The van der Waals surface area contributed by atoms with Gasteiger partial charge < -0.3 is 9.72 Å². The van der Waals surface area contributed by atoms with Gasteiger partial charge in [-0.1, -0.05) is 12.1 Å². The van der Waals surface area contributed by atoms with Crippen LogP contribution in [0.1, 0.15) is 10.4 Å². The molecule has 0 spiro atoms. The summed E-state index contributed by atoms with van der Waals surface area (Å²) in [6.07, 6.45) is 0. The number of para-hydroxylation sites is 1. The van der Waals surface area contributed by atoms with Gasteiger partial charge in [-0.25, -0.2) is 0 Å². The van der Waals surface area contributed by atoms with E-state index in [9.17, 15) is 9.59 Å². The van der Waals surface area contributed by atoms with E-state index in [1.54, 1.807) is 55.6 Å². The summed E-state index contributed by atoms with van der Waals surface area (Å²) in [5.74, 6) is 0.200. The predicted molar refractivity (Wildman–Crippen MR) is 90.1 cm³/mol. The molecule has 7 heteroatoms. The Morgan fingerprint density at radius 2 is 1.87 bits per heavy atom. The van der Waals surface area contributed by atoms with Crippen molar-refractivity contribution in [3.05, 3.63) is 69.2 Å². The van der Waals surface area contributed by atoms with E-state index in [0.29, 0.717) is 22.2 Å². The molecule has 6 nitrogen and oxygen atoms in total. The summed E-state index contributed by atoms with van der Waals surface area (Å²) >= 11 is 5.15. The van der Waals surface area contributed by atoms with E-state index in [1.165, 1.54) is 0 Å². The van der Waals surface area contributed by atoms with Crippen LogP contribution in [0.15, 0.2) is 53.3 Å². The van der Waals surface area contributed by atoms with Crippen molar-refractivity contribution < 1.29 is 9.53 Å². The molecular formula is C16H13N3O3S. The summed E-state index contributed by atoms with van der Waals surface area (Å²) in [5, 5.41) is 0.441. The molecule has 1 aromatic heterocycles. The van der Waals surface area contributed by atoms with E-state index in [0.717, 1.165) is 4.68 Å². The number of fused-ring (bicyclic) bond motifs is 1. The average molecular weight is 327 g/mol. The highest BCUT2D eigenvalue weighted by Crippen LogP contribution is 2.11. The number of nitrogens with one attached hydrogen (secondary N) is 2. The molecule has 116 valence electrons. The molecule has 3 aromatic rings. The summed E-state index contributed by atoms with van der Waals surface area (Å²) in [6, 6.07) is 13.5. The van der Waals surface area contributed by atoms with Gasteiger partial charge in [0.15, 0.2) is 4.77 Å². The maximum atomic E-state index is 12.5. The van der Waals surface area contributed by atoms with Crippen LogP contribution in [-0.4, -0.2) is 22.7 Å². The first-order valence-electron chi connectivity index (χ1n) is 6.79. The number of ether oxygens (including phenoxy) is 1. The summed E-state index contributed by atoms with van der Waals surface area (Å²) in [6.45, 7) is 0. The lowest BCUT2D eigenvalue weighted by atomic mass is 10.2. The third-order valence-corrected chi connectivity index (χ3v) is 3.66. The third-order valence-electron chi connectivity index (χ3n) is 3.37. The lowest BCUT2D eigenvalue weighted by Crippen LogP contribution is -2.34. The van der Waals surface area contributed by atoms with Gasteiger partial charge in [-0.2, -0.15) is 4.68 Å². The number of amides is 1. The van der Waals surface area contributed by atoms with E-state index in [-0.39, 0.29) is 10.3 Å². The van der Waals surface area contributed by atoms with Gasteiger partial charge >= 0.3 is 0 Å². The number of rotatable bonds is 3. The Bertz CT molecular complexity index is 990. The topological polar surface area (TPSA) is 76.1 Å². The fraction of sp³-hybridized carbons (Fsp3) is 0.0625. The number of methoxy groups -OCH3 is 1. The van der Waals surface area contributed by atoms with Gasteiger partial charge in [0.25, 0.3) is 11.5 Å². The number of hydrogen-bond acceptors (Lipinski definition) is 4. The number of aromatic nitrogens is 2. The summed E-state index contributed by atoms with van der Waals surface area (Å²) in [7, 11) is 1.54. The number of carbonyl (C=O) groups is 1. The predicted octanol–water partition coefficient (Wildman–Crippen LogP) is 2.45. The molecule has 3 rings (SSSR count). The average Bonchev–Trinajstić information content (AvgIpc) is 2.58. The van der Waals surface area contributed by atoms with Crippen LogP contribution >= 0.6 is 12.2 Å². The summed E-state index contributed by atoms with van der Waals surface area (Å²) in [4.78, 5) is 27.7. The Balaban J connectivity index is 1.99. The highest BCUT2D eigenvalue weighted by Gasteiger charge is 2.10. The van der Waals surface area contributed by atoms with Crippen LogP contribution in [0.4, 0.5) is 0 Å². The quantitative estimate of drug-likeness (QED) is 0.725. The van der Waals surface area contributed by atoms with E-state index in [1.807, 2.05) is 0 Å². The number of aromatic amines is 1. The van der Waals surface area contributed by atoms with Gasteiger partial charge in [0.1, 0.15) is 5.75 Å². The largest absolute Gasteiger partial charge is 0.497 e. The highest BCUT2D eigenvalue weighted by atomic mass is 32.1. The van der Waals surface area contributed by atoms with Crippen LogP contribution in [-0.2, 0) is 0 Å². The molecule has 0 fully saturated rings. The smallest absolute Gasteiger partial charge is 0.281 e. The van der Waals surface area contributed by atoms with Gasteiger partial charge in [-0.05, 0) is 48.6 Å². The number of H-pyrrole nitrogens is 1. The van der Waals surface area contributed by atoms with Crippen LogP contribution in [0, 0.1) is 4.77 Å². The Morgan fingerprint density at radius 1 is 1.17 bits per heavy atom. The minimum absolute atomic E-state index is 0.121. The zero-order valence-electron chi connectivity index (χ0n) is 12.2. The first-order valence-corrected chi connectivity index (χ1v) is 7.20. The summed E-state index contributed by atoms with van der Waals surface area (Å²) in [5.41, 5.74) is 3.14. The van der Waals surface area contributed by atoms with Crippen molar-refractivity contribution in [3.63, 3.8) is 0 Å².